The van der Waals surface area contributed by atoms with E-state index < -0.39 is 6.10 Å². The first-order valence-corrected chi connectivity index (χ1v) is 37.7. The third-order valence-corrected chi connectivity index (χ3v) is 17.5. The van der Waals surface area contributed by atoms with Crippen molar-refractivity contribution in [2.24, 2.45) is 0 Å². The molecule has 0 bridgehead atoms. The van der Waals surface area contributed by atoms with Crippen LogP contribution >= 0.6 is 0 Å². The molecule has 0 radical (unpaired) electrons. The molecule has 1 atom stereocenters. The number of carbonyl (C=O) groups excluding carboxylic acids is 3. The Labute approximate surface area is 513 Å². The van der Waals surface area contributed by atoms with Crippen LogP contribution in [0, 0.1) is 0 Å². The molecule has 0 fully saturated rings. The van der Waals surface area contributed by atoms with E-state index in [0.29, 0.717) is 19.3 Å². The van der Waals surface area contributed by atoms with Crippen LogP contribution in [-0.4, -0.2) is 37.2 Å². The lowest BCUT2D eigenvalue weighted by molar-refractivity contribution is -0.167. The second kappa shape index (κ2) is 71.6. The molecule has 0 amide bonds. The van der Waals surface area contributed by atoms with Crippen molar-refractivity contribution in [3.63, 3.8) is 0 Å². The summed E-state index contributed by atoms with van der Waals surface area (Å²) >= 11 is 0. The van der Waals surface area contributed by atoms with E-state index in [1.54, 1.807) is 0 Å². The summed E-state index contributed by atoms with van der Waals surface area (Å²) in [6.07, 6.45) is 86.8. The van der Waals surface area contributed by atoms with Crippen LogP contribution in [-0.2, 0) is 28.6 Å². The smallest absolute Gasteiger partial charge is 0.306 e. The zero-order chi connectivity index (χ0) is 59.2. The van der Waals surface area contributed by atoms with Gasteiger partial charge in [-0.15, -0.1) is 0 Å². The highest BCUT2D eigenvalue weighted by atomic mass is 16.6. The zero-order valence-corrected chi connectivity index (χ0v) is 56.1. The van der Waals surface area contributed by atoms with Crippen molar-refractivity contribution in [2.45, 2.75) is 444 Å². The third-order valence-electron chi connectivity index (χ3n) is 17.5. The van der Waals surface area contributed by atoms with E-state index in [4.69, 9.17) is 14.2 Å². The fourth-order valence-electron chi connectivity index (χ4n) is 11.9. The fourth-order valence-corrected chi connectivity index (χ4v) is 11.9. The second-order valence-electron chi connectivity index (χ2n) is 25.9. The average Bonchev–Trinajstić information content (AvgIpc) is 3.48. The Hall–Kier alpha value is -1.85. The molecule has 82 heavy (non-hydrogen) atoms. The third kappa shape index (κ3) is 68.9. The fraction of sp³-hybridized carbons (Fsp3) is 0.934. The van der Waals surface area contributed by atoms with E-state index in [0.717, 1.165) is 57.8 Å². The largest absolute Gasteiger partial charge is 0.462 e. The number of unbranched alkanes of at least 4 members (excludes halogenated alkanes) is 58. The summed E-state index contributed by atoms with van der Waals surface area (Å²) in [5.74, 6) is -0.821. The van der Waals surface area contributed by atoms with Crippen LogP contribution in [0.2, 0.25) is 0 Å². The van der Waals surface area contributed by atoms with Crippen molar-refractivity contribution >= 4 is 17.9 Å². The molecule has 0 aliphatic carbocycles. The van der Waals surface area contributed by atoms with Gasteiger partial charge in [0.25, 0.3) is 0 Å². The molecule has 0 N–H and O–H groups in total. The lowest BCUT2D eigenvalue weighted by Crippen LogP contribution is -2.30. The Balaban J connectivity index is 4.27. The summed E-state index contributed by atoms with van der Waals surface area (Å²) in [5, 5.41) is 0. The summed E-state index contributed by atoms with van der Waals surface area (Å²) in [6.45, 7) is 6.75. The van der Waals surface area contributed by atoms with Crippen molar-refractivity contribution in [2.75, 3.05) is 13.2 Å². The number of rotatable bonds is 71. The van der Waals surface area contributed by atoms with Gasteiger partial charge in [0.1, 0.15) is 13.2 Å². The molecule has 0 aliphatic rings. The molecule has 6 nitrogen and oxygen atoms in total. The summed E-state index contributed by atoms with van der Waals surface area (Å²) in [5.41, 5.74) is 0. The van der Waals surface area contributed by atoms with Gasteiger partial charge in [-0.25, -0.2) is 0 Å². The predicted octanol–water partition coefficient (Wildman–Crippen LogP) is 26.0. The van der Waals surface area contributed by atoms with Crippen LogP contribution in [0.1, 0.15) is 438 Å². The highest BCUT2D eigenvalue weighted by molar-refractivity contribution is 5.71. The first-order chi connectivity index (χ1) is 40.5. The SMILES string of the molecule is CCCCCCCCCC/C=C\CCCCCCCCCCCCCC(=O)OCC(COC(=O)CCCCCCCCCCCCCCCCCCCCC)OC(=O)CCCCCCCCCCCCCCCCCCCCCCCC. The molecule has 1 unspecified atom stereocenters. The maximum Gasteiger partial charge on any atom is 0.306 e. The molecule has 0 rings (SSSR count). The molecule has 0 spiro atoms. The highest BCUT2D eigenvalue weighted by Crippen LogP contribution is 2.20. The van der Waals surface area contributed by atoms with Gasteiger partial charge >= 0.3 is 17.9 Å². The van der Waals surface area contributed by atoms with Gasteiger partial charge in [-0.1, -0.05) is 386 Å². The molecule has 0 heterocycles. The summed E-state index contributed by atoms with van der Waals surface area (Å²) in [6, 6.07) is 0. The van der Waals surface area contributed by atoms with Crippen LogP contribution in [0.25, 0.3) is 0 Å². The van der Waals surface area contributed by atoms with Crippen molar-refractivity contribution < 1.29 is 28.6 Å². The summed E-state index contributed by atoms with van der Waals surface area (Å²) in [4.78, 5) is 38.6. The Morgan fingerprint density at radius 1 is 0.232 bits per heavy atom. The zero-order valence-electron chi connectivity index (χ0n) is 56.1. The Kier molecular flexibility index (Phi) is 70.0. The van der Waals surface area contributed by atoms with Crippen LogP contribution in [0.5, 0.6) is 0 Å². The van der Waals surface area contributed by atoms with Gasteiger partial charge in [0.05, 0.1) is 0 Å². The maximum atomic E-state index is 13.0. The van der Waals surface area contributed by atoms with Gasteiger partial charge in [0.15, 0.2) is 6.10 Å². The van der Waals surface area contributed by atoms with Gasteiger partial charge in [-0.05, 0) is 44.9 Å². The maximum absolute atomic E-state index is 13.0. The molecule has 0 aromatic carbocycles. The molecule has 6 heteroatoms. The highest BCUT2D eigenvalue weighted by Gasteiger charge is 2.20. The van der Waals surface area contributed by atoms with Crippen LogP contribution < -0.4 is 0 Å². The Morgan fingerprint density at radius 3 is 0.610 bits per heavy atom. The number of carbonyl (C=O) groups is 3. The van der Waals surface area contributed by atoms with Crippen molar-refractivity contribution in [1.29, 1.82) is 0 Å². The lowest BCUT2D eigenvalue weighted by atomic mass is 10.0. The van der Waals surface area contributed by atoms with Crippen molar-refractivity contribution in [3.05, 3.63) is 12.2 Å². The molecule has 486 valence electrons. The topological polar surface area (TPSA) is 78.9 Å². The van der Waals surface area contributed by atoms with E-state index in [2.05, 4.69) is 32.9 Å². The van der Waals surface area contributed by atoms with E-state index in [-0.39, 0.29) is 31.1 Å². The van der Waals surface area contributed by atoms with Crippen molar-refractivity contribution in [3.8, 4) is 0 Å². The lowest BCUT2D eigenvalue weighted by Gasteiger charge is -2.18. The normalized spacial score (nSPS) is 12.0. The standard InChI is InChI=1S/C76H146O6/c1-4-7-10-13-16-19-22-25-28-31-34-36-38-40-42-45-48-51-54-57-60-63-66-69-75(78)81-72-73(71-80-74(77)68-65-62-59-56-53-50-47-44-41-33-30-27-24-21-18-15-12-9-6-3)82-76(79)70-67-64-61-58-55-52-49-46-43-39-37-35-32-29-26-23-20-17-14-11-8-5-2/h31,34,73H,4-30,32-33,35-72H2,1-3H3/b34-31-. The van der Waals surface area contributed by atoms with E-state index in [1.165, 1.54) is 340 Å². The van der Waals surface area contributed by atoms with Gasteiger partial charge in [0.2, 0.25) is 0 Å². The molecule has 0 aromatic heterocycles. The first kappa shape index (κ1) is 80.2. The minimum absolute atomic E-state index is 0.0624. The molecule has 0 aromatic rings. The second-order valence-corrected chi connectivity index (χ2v) is 25.9. The number of hydrogen-bond acceptors (Lipinski definition) is 6. The molecule has 0 saturated carbocycles. The molecule has 0 saturated heterocycles. The number of esters is 3. The average molecular weight is 1160 g/mol. The molecule has 0 aliphatic heterocycles. The minimum Gasteiger partial charge on any atom is -0.462 e. The van der Waals surface area contributed by atoms with Gasteiger partial charge in [-0.3, -0.25) is 14.4 Å². The quantitative estimate of drug-likeness (QED) is 0.0261. The van der Waals surface area contributed by atoms with E-state index >= 15 is 0 Å². The van der Waals surface area contributed by atoms with Gasteiger partial charge in [-0.2, -0.15) is 0 Å². The van der Waals surface area contributed by atoms with Gasteiger partial charge in [0, 0.05) is 19.3 Å². The van der Waals surface area contributed by atoms with Crippen LogP contribution in [0.3, 0.4) is 0 Å². The molecular formula is C76H146O6. The van der Waals surface area contributed by atoms with E-state index in [1.807, 2.05) is 0 Å². The van der Waals surface area contributed by atoms with Crippen LogP contribution in [0.15, 0.2) is 12.2 Å². The number of allylic oxidation sites excluding steroid dienone is 2. The van der Waals surface area contributed by atoms with Crippen molar-refractivity contribution in [1.82, 2.24) is 0 Å². The number of hydrogen-bond donors (Lipinski definition) is 0. The summed E-state index contributed by atoms with van der Waals surface area (Å²) < 4.78 is 17.1. The number of ether oxygens (including phenoxy) is 3. The minimum atomic E-state index is -0.767. The van der Waals surface area contributed by atoms with Crippen LogP contribution in [0.4, 0.5) is 0 Å². The monoisotopic (exact) mass is 1160 g/mol. The Bertz CT molecular complexity index is 1280. The predicted molar refractivity (Wildman–Crippen MR) is 358 cm³/mol. The first-order valence-electron chi connectivity index (χ1n) is 37.7. The Morgan fingerprint density at radius 2 is 0.402 bits per heavy atom. The van der Waals surface area contributed by atoms with E-state index in [9.17, 15) is 14.4 Å². The molecular weight excluding hydrogens is 1010 g/mol. The summed E-state index contributed by atoms with van der Waals surface area (Å²) in [7, 11) is 0. The van der Waals surface area contributed by atoms with Gasteiger partial charge < -0.3 is 14.2 Å².